The van der Waals surface area contributed by atoms with Gasteiger partial charge in [-0.15, -0.1) is 0 Å². The maximum absolute atomic E-state index is 12.7. The Morgan fingerprint density at radius 1 is 1.14 bits per heavy atom. The predicted molar refractivity (Wildman–Crippen MR) is 107 cm³/mol. The number of sulfonamides is 1. The molecule has 0 radical (unpaired) electrons. The zero-order valence-corrected chi connectivity index (χ0v) is 17.3. The monoisotopic (exact) mass is 419 g/mol. The van der Waals surface area contributed by atoms with Crippen LogP contribution in [-0.4, -0.2) is 61.6 Å². The molecule has 1 saturated heterocycles. The summed E-state index contributed by atoms with van der Waals surface area (Å²) in [5, 5.41) is 6.91. The summed E-state index contributed by atoms with van der Waals surface area (Å²) in [7, 11) is -0.414. The number of piperidine rings is 1. The Morgan fingerprint density at radius 3 is 2.34 bits per heavy atom. The van der Waals surface area contributed by atoms with Gasteiger partial charge in [-0.05, 0) is 50.1 Å². The molecule has 1 aliphatic rings. The van der Waals surface area contributed by atoms with Gasteiger partial charge in [0.2, 0.25) is 10.0 Å². The van der Waals surface area contributed by atoms with Gasteiger partial charge in [-0.25, -0.2) is 13.1 Å². The number of hydrogen-bond donors (Lipinski definition) is 2. The molecule has 2 N–H and O–H groups in total. The largest absolute Gasteiger partial charge is 0.352 e. The molecule has 0 atom stereocenters. The van der Waals surface area contributed by atoms with Crippen LogP contribution in [0.3, 0.4) is 0 Å². The number of carbonyl (C=O) groups is 2. The van der Waals surface area contributed by atoms with E-state index in [4.69, 9.17) is 0 Å². The van der Waals surface area contributed by atoms with E-state index in [-0.39, 0.29) is 16.7 Å². The Bertz CT molecular complexity index is 976. The first-order valence-corrected chi connectivity index (χ1v) is 10.9. The summed E-state index contributed by atoms with van der Waals surface area (Å²) >= 11 is 0. The van der Waals surface area contributed by atoms with Crippen LogP contribution >= 0.6 is 0 Å². The van der Waals surface area contributed by atoms with Gasteiger partial charge >= 0.3 is 0 Å². The summed E-state index contributed by atoms with van der Waals surface area (Å²) in [6.45, 7) is 1.76. The molecule has 2 amide bonds. The van der Waals surface area contributed by atoms with Crippen molar-refractivity contribution in [3.05, 3.63) is 47.8 Å². The molecule has 2 heterocycles. The molecule has 2 aromatic rings. The van der Waals surface area contributed by atoms with E-state index in [2.05, 4.69) is 15.1 Å². The number of carbonyl (C=O) groups excluding carboxylic acids is 2. The number of benzene rings is 1. The number of amides is 2. The van der Waals surface area contributed by atoms with Crippen molar-refractivity contribution in [2.24, 2.45) is 13.0 Å². The van der Waals surface area contributed by atoms with E-state index in [1.807, 2.05) is 0 Å². The van der Waals surface area contributed by atoms with E-state index in [1.165, 1.54) is 37.5 Å². The quantitative estimate of drug-likeness (QED) is 0.712. The first kappa shape index (κ1) is 21.0. The second-order valence-corrected chi connectivity index (χ2v) is 8.97. The van der Waals surface area contributed by atoms with Crippen molar-refractivity contribution in [3.63, 3.8) is 0 Å². The molecule has 1 aromatic carbocycles. The molecule has 9 nitrogen and oxygen atoms in total. The number of nitrogens with one attached hydrogen (secondary N) is 2. The van der Waals surface area contributed by atoms with Gasteiger partial charge in [0.1, 0.15) is 0 Å². The van der Waals surface area contributed by atoms with E-state index in [0.717, 1.165) is 12.8 Å². The highest BCUT2D eigenvalue weighted by Crippen LogP contribution is 2.19. The lowest BCUT2D eigenvalue weighted by Crippen LogP contribution is -2.41. The van der Waals surface area contributed by atoms with E-state index in [0.29, 0.717) is 36.7 Å². The molecule has 0 bridgehead atoms. The molecule has 1 aromatic heterocycles. The maximum Gasteiger partial charge on any atom is 0.254 e. The molecule has 0 spiro atoms. The first-order chi connectivity index (χ1) is 13.8. The minimum Gasteiger partial charge on any atom is -0.352 e. The van der Waals surface area contributed by atoms with Crippen molar-refractivity contribution in [2.75, 3.05) is 26.7 Å². The lowest BCUT2D eigenvalue weighted by molar-refractivity contribution is 0.0684. The van der Waals surface area contributed by atoms with E-state index < -0.39 is 10.0 Å². The highest BCUT2D eigenvalue weighted by molar-refractivity contribution is 7.89. The number of aryl methyl sites for hydroxylation is 1. The minimum atomic E-state index is -3.52. The minimum absolute atomic E-state index is 0.115. The number of nitrogens with zero attached hydrogens (tertiary/aromatic N) is 3. The van der Waals surface area contributed by atoms with Gasteiger partial charge in [0.05, 0.1) is 16.7 Å². The van der Waals surface area contributed by atoms with E-state index in [9.17, 15) is 18.0 Å². The molecular weight excluding hydrogens is 394 g/mol. The Kier molecular flexibility index (Phi) is 6.33. The average molecular weight is 420 g/mol. The lowest BCUT2D eigenvalue weighted by Gasteiger charge is -2.32. The fourth-order valence-electron chi connectivity index (χ4n) is 3.29. The number of rotatable bonds is 6. The highest BCUT2D eigenvalue weighted by atomic mass is 32.2. The Balaban J connectivity index is 1.50. The Hall–Kier alpha value is -2.72. The summed E-state index contributed by atoms with van der Waals surface area (Å²) in [5.74, 6) is 0.0484. The summed E-state index contributed by atoms with van der Waals surface area (Å²) < 4.78 is 27.4. The first-order valence-electron chi connectivity index (χ1n) is 9.40. The molecule has 0 aliphatic carbocycles. The van der Waals surface area contributed by atoms with Crippen molar-refractivity contribution in [1.29, 1.82) is 0 Å². The molecule has 29 heavy (non-hydrogen) atoms. The summed E-state index contributed by atoms with van der Waals surface area (Å²) in [5.41, 5.74) is 0.993. The summed E-state index contributed by atoms with van der Waals surface area (Å²) in [6.07, 6.45) is 4.80. The van der Waals surface area contributed by atoms with Crippen LogP contribution in [0.25, 0.3) is 0 Å². The molecule has 1 aliphatic heterocycles. The van der Waals surface area contributed by atoms with E-state index in [1.54, 1.807) is 22.8 Å². The molecule has 0 unspecified atom stereocenters. The van der Waals surface area contributed by atoms with Gasteiger partial charge in [-0.2, -0.15) is 5.10 Å². The third-order valence-electron chi connectivity index (χ3n) is 5.10. The number of hydrogen-bond acceptors (Lipinski definition) is 5. The van der Waals surface area contributed by atoms with Crippen LogP contribution in [0.15, 0.2) is 41.6 Å². The maximum atomic E-state index is 12.7. The van der Waals surface area contributed by atoms with Gasteiger partial charge in [-0.3, -0.25) is 14.3 Å². The fourth-order valence-corrected chi connectivity index (χ4v) is 4.02. The summed E-state index contributed by atoms with van der Waals surface area (Å²) in [6, 6.07) is 5.93. The van der Waals surface area contributed by atoms with E-state index >= 15 is 0 Å². The second kappa shape index (κ2) is 8.75. The van der Waals surface area contributed by atoms with Gasteiger partial charge < -0.3 is 10.2 Å². The summed E-state index contributed by atoms with van der Waals surface area (Å²) in [4.78, 5) is 26.7. The molecule has 1 fully saturated rings. The average Bonchev–Trinajstić information content (AvgIpc) is 3.18. The Labute approximate surface area is 170 Å². The van der Waals surface area contributed by atoms with Crippen LogP contribution in [0.1, 0.15) is 33.6 Å². The third-order valence-corrected chi connectivity index (χ3v) is 6.53. The van der Waals surface area contributed by atoms with Crippen LogP contribution < -0.4 is 10.0 Å². The van der Waals surface area contributed by atoms with Crippen molar-refractivity contribution >= 4 is 21.8 Å². The zero-order chi connectivity index (χ0) is 21.0. The van der Waals surface area contributed by atoms with Gasteiger partial charge in [-0.1, -0.05) is 0 Å². The third kappa shape index (κ3) is 5.01. The van der Waals surface area contributed by atoms with Crippen LogP contribution in [0, 0.1) is 5.92 Å². The predicted octanol–water partition coefficient (Wildman–Crippen LogP) is 0.610. The van der Waals surface area contributed by atoms with Gasteiger partial charge in [0, 0.05) is 38.4 Å². The molecule has 10 heteroatoms. The number of aromatic nitrogens is 2. The van der Waals surface area contributed by atoms with Gasteiger partial charge in [0.15, 0.2) is 0 Å². The van der Waals surface area contributed by atoms with Crippen LogP contribution in [0.2, 0.25) is 0 Å². The smallest absolute Gasteiger partial charge is 0.254 e. The molecule has 156 valence electrons. The van der Waals surface area contributed by atoms with Crippen molar-refractivity contribution in [1.82, 2.24) is 24.7 Å². The molecule has 0 saturated carbocycles. The SMILES string of the molecule is CNS(=O)(=O)c1ccc(C(=O)N2CCC(CNC(=O)c3cnn(C)c3)CC2)cc1. The van der Waals surface area contributed by atoms with Crippen molar-refractivity contribution in [2.45, 2.75) is 17.7 Å². The topological polar surface area (TPSA) is 113 Å². The zero-order valence-electron chi connectivity index (χ0n) is 16.5. The van der Waals surface area contributed by atoms with Crippen molar-refractivity contribution < 1.29 is 18.0 Å². The lowest BCUT2D eigenvalue weighted by atomic mass is 9.96. The van der Waals surface area contributed by atoms with Crippen molar-refractivity contribution in [3.8, 4) is 0 Å². The van der Waals surface area contributed by atoms with Crippen LogP contribution in [0.5, 0.6) is 0 Å². The molecular formula is C19H25N5O4S. The molecule has 3 rings (SSSR count). The normalized spacial score (nSPS) is 15.3. The van der Waals surface area contributed by atoms with Crippen LogP contribution in [-0.2, 0) is 17.1 Å². The van der Waals surface area contributed by atoms with Crippen LogP contribution in [0.4, 0.5) is 0 Å². The number of likely N-dealkylation sites (tertiary alicyclic amines) is 1. The van der Waals surface area contributed by atoms with Gasteiger partial charge in [0.25, 0.3) is 11.8 Å². The standard InChI is InChI=1S/C19H25N5O4S/c1-20-29(27,28)17-5-3-15(4-6-17)19(26)24-9-7-14(8-10-24)11-21-18(25)16-12-22-23(2)13-16/h3-6,12-14,20H,7-11H2,1-2H3,(H,21,25). The fraction of sp³-hybridized carbons (Fsp3) is 0.421. The second-order valence-electron chi connectivity index (χ2n) is 7.08. The Morgan fingerprint density at radius 2 is 1.79 bits per heavy atom. The highest BCUT2D eigenvalue weighted by Gasteiger charge is 2.24.